The van der Waals surface area contributed by atoms with Crippen LogP contribution in [0.2, 0.25) is 0 Å². The summed E-state index contributed by atoms with van der Waals surface area (Å²) in [5.74, 6) is 3.62. The van der Waals surface area contributed by atoms with Crippen molar-refractivity contribution in [1.29, 1.82) is 0 Å². The highest BCUT2D eigenvalue weighted by Crippen LogP contribution is 2.29. The quantitative estimate of drug-likeness (QED) is 0.824. The van der Waals surface area contributed by atoms with Crippen molar-refractivity contribution >= 4 is 10.8 Å². The lowest BCUT2D eigenvalue weighted by Crippen LogP contribution is -2.40. The van der Waals surface area contributed by atoms with Gasteiger partial charge in [-0.25, -0.2) is 0 Å². The maximum absolute atomic E-state index is 11.2. The molecule has 0 radical (unpaired) electrons. The van der Waals surface area contributed by atoms with Crippen molar-refractivity contribution in [3.05, 3.63) is 0 Å². The molecule has 1 aliphatic heterocycles. The van der Waals surface area contributed by atoms with Crippen molar-refractivity contribution in [3.8, 4) is 0 Å². The summed E-state index contributed by atoms with van der Waals surface area (Å²) in [5.41, 5.74) is 0. The lowest BCUT2D eigenvalue weighted by molar-refractivity contribution is 0.238. The van der Waals surface area contributed by atoms with Crippen LogP contribution in [0.4, 0.5) is 0 Å². The summed E-state index contributed by atoms with van der Waals surface area (Å²) in [7, 11) is -0.516. The van der Waals surface area contributed by atoms with Gasteiger partial charge in [0.15, 0.2) is 0 Å². The summed E-state index contributed by atoms with van der Waals surface area (Å²) in [4.78, 5) is 0. The predicted octanol–water partition coefficient (Wildman–Crippen LogP) is 2.31. The molecule has 0 spiro atoms. The van der Waals surface area contributed by atoms with Crippen molar-refractivity contribution in [2.24, 2.45) is 11.8 Å². The number of hydrogen-bond donors (Lipinski definition) is 1. The molecule has 1 saturated heterocycles. The fourth-order valence-electron chi connectivity index (χ4n) is 3.01. The Bertz CT molecular complexity index is 234. The van der Waals surface area contributed by atoms with E-state index in [1.54, 1.807) is 0 Å². The highest BCUT2D eigenvalue weighted by molar-refractivity contribution is 7.85. The zero-order chi connectivity index (χ0) is 11.4. The van der Waals surface area contributed by atoms with Crippen LogP contribution in [0.3, 0.4) is 0 Å². The third-order valence-electron chi connectivity index (χ3n) is 4.35. The molecule has 2 fully saturated rings. The Morgan fingerprint density at radius 3 is 2.50 bits per heavy atom. The Morgan fingerprint density at radius 1 is 1.12 bits per heavy atom. The SMILES string of the molecule is CC1CCCCC1CNC1CCS(=O)CC1. The number of hydrogen-bond acceptors (Lipinski definition) is 2. The van der Waals surface area contributed by atoms with Gasteiger partial charge in [0.25, 0.3) is 0 Å². The van der Waals surface area contributed by atoms with Gasteiger partial charge in [0.05, 0.1) is 0 Å². The van der Waals surface area contributed by atoms with Gasteiger partial charge in [-0.1, -0.05) is 26.2 Å². The molecule has 2 rings (SSSR count). The maximum Gasteiger partial charge on any atom is 0.0249 e. The summed E-state index contributed by atoms with van der Waals surface area (Å²) < 4.78 is 11.2. The van der Waals surface area contributed by atoms with E-state index in [0.29, 0.717) is 6.04 Å². The third kappa shape index (κ3) is 3.56. The van der Waals surface area contributed by atoms with Gasteiger partial charge in [0, 0.05) is 28.3 Å². The zero-order valence-electron chi connectivity index (χ0n) is 10.4. The van der Waals surface area contributed by atoms with Crippen LogP contribution in [0.5, 0.6) is 0 Å². The Morgan fingerprint density at radius 2 is 1.81 bits per heavy atom. The molecule has 0 aromatic carbocycles. The van der Waals surface area contributed by atoms with Crippen LogP contribution >= 0.6 is 0 Å². The van der Waals surface area contributed by atoms with E-state index in [-0.39, 0.29) is 0 Å². The van der Waals surface area contributed by atoms with Crippen molar-refractivity contribution in [2.75, 3.05) is 18.1 Å². The second kappa shape index (κ2) is 6.15. The smallest absolute Gasteiger partial charge is 0.0249 e. The van der Waals surface area contributed by atoms with Crippen molar-refractivity contribution < 1.29 is 4.21 Å². The van der Waals surface area contributed by atoms with Crippen molar-refractivity contribution in [2.45, 2.75) is 51.5 Å². The second-order valence-corrected chi connectivity index (χ2v) is 7.25. The second-order valence-electron chi connectivity index (χ2n) is 5.55. The Hall–Kier alpha value is 0.110. The molecule has 1 aliphatic carbocycles. The minimum Gasteiger partial charge on any atom is -0.314 e. The van der Waals surface area contributed by atoms with E-state index in [2.05, 4.69) is 12.2 Å². The van der Waals surface area contributed by atoms with Gasteiger partial charge in [-0.3, -0.25) is 4.21 Å². The molecule has 16 heavy (non-hydrogen) atoms. The van der Waals surface area contributed by atoms with Crippen LogP contribution in [-0.4, -0.2) is 28.3 Å². The monoisotopic (exact) mass is 243 g/mol. The molecular weight excluding hydrogens is 218 g/mol. The lowest BCUT2D eigenvalue weighted by Gasteiger charge is -2.31. The molecule has 0 amide bonds. The van der Waals surface area contributed by atoms with Crippen molar-refractivity contribution in [1.82, 2.24) is 5.32 Å². The summed E-state index contributed by atoms with van der Waals surface area (Å²) in [6.07, 6.45) is 7.92. The van der Waals surface area contributed by atoms with E-state index in [1.165, 1.54) is 32.2 Å². The fraction of sp³-hybridized carbons (Fsp3) is 1.00. The molecule has 0 bridgehead atoms. The molecule has 2 aliphatic rings. The Kier molecular flexibility index (Phi) is 4.83. The van der Waals surface area contributed by atoms with Crippen LogP contribution in [0.25, 0.3) is 0 Å². The fourth-order valence-corrected chi connectivity index (χ4v) is 4.31. The molecule has 0 aromatic heterocycles. The minimum atomic E-state index is -0.516. The Balaban J connectivity index is 1.68. The van der Waals surface area contributed by atoms with Crippen LogP contribution in [0.15, 0.2) is 0 Å². The first-order chi connectivity index (χ1) is 7.75. The van der Waals surface area contributed by atoms with E-state index in [4.69, 9.17) is 0 Å². The van der Waals surface area contributed by atoms with Gasteiger partial charge < -0.3 is 5.32 Å². The Labute approximate surface area is 102 Å². The predicted molar refractivity (Wildman–Crippen MR) is 70.0 cm³/mol. The van der Waals surface area contributed by atoms with Crippen LogP contribution in [0, 0.1) is 11.8 Å². The normalized spacial score (nSPS) is 40.8. The molecule has 1 heterocycles. The number of rotatable bonds is 3. The number of nitrogens with one attached hydrogen (secondary N) is 1. The van der Waals surface area contributed by atoms with Gasteiger partial charge in [0.1, 0.15) is 0 Å². The average Bonchev–Trinajstić information content (AvgIpc) is 2.30. The van der Waals surface area contributed by atoms with E-state index >= 15 is 0 Å². The molecule has 2 unspecified atom stereocenters. The first kappa shape index (κ1) is 12.6. The molecule has 3 heteroatoms. The highest BCUT2D eigenvalue weighted by atomic mass is 32.2. The van der Waals surface area contributed by atoms with E-state index < -0.39 is 10.8 Å². The zero-order valence-corrected chi connectivity index (χ0v) is 11.2. The molecule has 2 atom stereocenters. The van der Waals surface area contributed by atoms with Crippen LogP contribution in [0.1, 0.15) is 45.4 Å². The molecule has 94 valence electrons. The summed E-state index contributed by atoms with van der Waals surface area (Å²) in [6.45, 7) is 3.60. The molecule has 2 nitrogen and oxygen atoms in total. The maximum atomic E-state index is 11.2. The lowest BCUT2D eigenvalue weighted by atomic mass is 9.80. The van der Waals surface area contributed by atoms with Gasteiger partial charge >= 0.3 is 0 Å². The van der Waals surface area contributed by atoms with Gasteiger partial charge in [-0.05, 0) is 37.6 Å². The highest BCUT2D eigenvalue weighted by Gasteiger charge is 2.23. The molecular formula is C13H25NOS. The topological polar surface area (TPSA) is 29.1 Å². The van der Waals surface area contributed by atoms with Gasteiger partial charge in [-0.15, -0.1) is 0 Å². The molecule has 1 saturated carbocycles. The third-order valence-corrected chi connectivity index (χ3v) is 5.73. The minimum absolute atomic E-state index is 0.516. The first-order valence-electron chi connectivity index (χ1n) is 6.84. The largest absolute Gasteiger partial charge is 0.314 e. The summed E-state index contributed by atoms with van der Waals surface area (Å²) in [5, 5.41) is 3.71. The van der Waals surface area contributed by atoms with E-state index in [9.17, 15) is 4.21 Å². The van der Waals surface area contributed by atoms with Crippen LogP contribution < -0.4 is 5.32 Å². The van der Waals surface area contributed by atoms with E-state index in [1.807, 2.05) is 0 Å². The van der Waals surface area contributed by atoms with Gasteiger partial charge in [0.2, 0.25) is 0 Å². The molecule has 1 N–H and O–H groups in total. The summed E-state index contributed by atoms with van der Waals surface area (Å²) in [6, 6.07) is 0.645. The standard InChI is InChI=1S/C13H25NOS/c1-11-4-2-3-5-12(11)10-14-13-6-8-16(15)9-7-13/h11-14H,2-10H2,1H3. The van der Waals surface area contributed by atoms with Gasteiger partial charge in [-0.2, -0.15) is 0 Å². The van der Waals surface area contributed by atoms with Crippen LogP contribution in [-0.2, 0) is 10.8 Å². The molecule has 0 aromatic rings. The average molecular weight is 243 g/mol. The van der Waals surface area contributed by atoms with Crippen molar-refractivity contribution in [3.63, 3.8) is 0 Å². The first-order valence-corrected chi connectivity index (χ1v) is 8.33. The van der Waals surface area contributed by atoms with E-state index in [0.717, 1.165) is 36.2 Å². The summed E-state index contributed by atoms with van der Waals surface area (Å²) >= 11 is 0.